The van der Waals surface area contributed by atoms with Crippen LogP contribution in [0.25, 0.3) is 0 Å². The molecule has 0 atom stereocenters. The Morgan fingerprint density at radius 1 is 1.33 bits per heavy atom. The van der Waals surface area contributed by atoms with Crippen LogP contribution >= 0.6 is 0 Å². The van der Waals surface area contributed by atoms with Crippen molar-refractivity contribution in [1.82, 2.24) is 4.90 Å². The number of hydrogen-bond acceptors (Lipinski definition) is 3. The molecule has 0 aromatic rings. The predicted molar refractivity (Wildman–Crippen MR) is 58.6 cm³/mol. The summed E-state index contributed by atoms with van der Waals surface area (Å²) in [6, 6.07) is 0. The van der Waals surface area contributed by atoms with Gasteiger partial charge in [0.15, 0.2) is 0 Å². The van der Waals surface area contributed by atoms with Gasteiger partial charge in [-0.3, -0.25) is 9.69 Å². The Morgan fingerprint density at radius 3 is 2.60 bits per heavy atom. The Kier molecular flexibility index (Phi) is 3.29. The summed E-state index contributed by atoms with van der Waals surface area (Å²) in [5.41, 5.74) is -0.215. The van der Waals surface area contributed by atoms with Gasteiger partial charge in [-0.05, 0) is 45.2 Å². The van der Waals surface area contributed by atoms with Crippen LogP contribution in [-0.4, -0.2) is 36.1 Å². The first-order chi connectivity index (χ1) is 7.29. The van der Waals surface area contributed by atoms with Crippen LogP contribution in [-0.2, 0) is 9.53 Å². The van der Waals surface area contributed by atoms with Crippen molar-refractivity contribution < 1.29 is 9.53 Å². The average Bonchev–Trinajstić information content (AvgIpc) is 2.76. The van der Waals surface area contributed by atoms with Crippen LogP contribution in [0.15, 0.2) is 0 Å². The van der Waals surface area contributed by atoms with Crippen molar-refractivity contribution in [2.24, 2.45) is 0 Å². The van der Waals surface area contributed by atoms with Crippen molar-refractivity contribution in [2.45, 2.75) is 51.0 Å². The number of nitrogens with zero attached hydrogens (tertiary/aromatic N) is 1. The molecule has 0 unspecified atom stereocenters. The fraction of sp³-hybridized carbons (Fsp3) is 0.917. The number of hydrogen-bond donors (Lipinski definition) is 0. The number of carbonyl (C=O) groups excluding carboxylic acids is 1. The van der Waals surface area contributed by atoms with Crippen molar-refractivity contribution in [2.75, 3.05) is 19.7 Å². The zero-order valence-electron chi connectivity index (χ0n) is 9.63. The molecule has 0 aliphatic carbocycles. The molecule has 2 fully saturated rings. The van der Waals surface area contributed by atoms with E-state index in [0.717, 1.165) is 51.6 Å². The highest BCUT2D eigenvalue weighted by Gasteiger charge is 2.51. The molecule has 2 saturated heterocycles. The average molecular weight is 211 g/mol. The van der Waals surface area contributed by atoms with E-state index in [1.54, 1.807) is 0 Å². The summed E-state index contributed by atoms with van der Waals surface area (Å²) in [6.07, 6.45) is 6.41. The van der Waals surface area contributed by atoms with E-state index in [1.165, 1.54) is 0 Å². The van der Waals surface area contributed by atoms with Gasteiger partial charge in [-0.25, -0.2) is 0 Å². The van der Waals surface area contributed by atoms with E-state index in [2.05, 4.69) is 11.8 Å². The minimum atomic E-state index is -0.215. The van der Waals surface area contributed by atoms with Gasteiger partial charge in [-0.1, -0.05) is 13.3 Å². The maximum Gasteiger partial charge on any atom is 0.326 e. The molecule has 3 heteroatoms. The molecule has 2 aliphatic heterocycles. The topological polar surface area (TPSA) is 29.5 Å². The van der Waals surface area contributed by atoms with Gasteiger partial charge < -0.3 is 4.74 Å². The normalized spacial score (nSPS) is 24.1. The standard InChI is InChI=1S/C12H21NO2/c1-2-3-10-15-11(14)12-6-4-8-13(12)9-5-7-12/h2-10H2,1H3. The molecular formula is C12H21NO2. The minimum absolute atomic E-state index is 0.0472. The molecule has 0 radical (unpaired) electrons. The van der Waals surface area contributed by atoms with Crippen LogP contribution in [0.2, 0.25) is 0 Å². The van der Waals surface area contributed by atoms with Crippen LogP contribution in [0.1, 0.15) is 45.4 Å². The van der Waals surface area contributed by atoms with E-state index < -0.39 is 0 Å². The first-order valence-electron chi connectivity index (χ1n) is 6.22. The molecule has 0 aromatic heterocycles. The third kappa shape index (κ3) is 1.89. The van der Waals surface area contributed by atoms with E-state index in [0.29, 0.717) is 6.61 Å². The molecule has 0 amide bonds. The Hall–Kier alpha value is -0.570. The van der Waals surface area contributed by atoms with Crippen molar-refractivity contribution in [3.63, 3.8) is 0 Å². The van der Waals surface area contributed by atoms with Gasteiger partial charge >= 0.3 is 5.97 Å². The van der Waals surface area contributed by atoms with Crippen molar-refractivity contribution >= 4 is 5.97 Å². The highest BCUT2D eigenvalue weighted by Crippen LogP contribution is 2.39. The van der Waals surface area contributed by atoms with Crippen LogP contribution < -0.4 is 0 Å². The lowest BCUT2D eigenvalue weighted by Gasteiger charge is -2.29. The number of ether oxygens (including phenoxy) is 1. The summed E-state index contributed by atoms with van der Waals surface area (Å²) >= 11 is 0. The van der Waals surface area contributed by atoms with Gasteiger partial charge in [-0.2, -0.15) is 0 Å². The molecule has 0 N–H and O–H groups in total. The molecule has 15 heavy (non-hydrogen) atoms. The van der Waals surface area contributed by atoms with Crippen molar-refractivity contribution in [3.05, 3.63) is 0 Å². The van der Waals surface area contributed by atoms with E-state index in [-0.39, 0.29) is 11.5 Å². The monoisotopic (exact) mass is 211 g/mol. The molecule has 0 saturated carbocycles. The van der Waals surface area contributed by atoms with Crippen LogP contribution in [0, 0.1) is 0 Å². The zero-order chi connectivity index (χ0) is 10.7. The molecule has 2 heterocycles. The van der Waals surface area contributed by atoms with Gasteiger partial charge in [0.05, 0.1) is 6.61 Å². The van der Waals surface area contributed by atoms with E-state index in [9.17, 15) is 4.79 Å². The fourth-order valence-corrected chi connectivity index (χ4v) is 2.88. The summed E-state index contributed by atoms with van der Waals surface area (Å²) in [5.74, 6) is 0.0472. The molecule has 0 aromatic carbocycles. The van der Waals surface area contributed by atoms with Crippen molar-refractivity contribution in [3.8, 4) is 0 Å². The van der Waals surface area contributed by atoms with Crippen LogP contribution in [0.3, 0.4) is 0 Å². The lowest BCUT2D eigenvalue weighted by atomic mass is 9.94. The fourth-order valence-electron chi connectivity index (χ4n) is 2.88. The van der Waals surface area contributed by atoms with Gasteiger partial charge in [-0.15, -0.1) is 0 Å². The second-order valence-corrected chi connectivity index (χ2v) is 4.72. The SMILES string of the molecule is CCCCOC(=O)C12CCCN1CCC2. The van der Waals surface area contributed by atoms with Gasteiger partial charge in [0, 0.05) is 0 Å². The Morgan fingerprint density at radius 2 is 2.00 bits per heavy atom. The molecule has 3 nitrogen and oxygen atoms in total. The van der Waals surface area contributed by atoms with E-state index >= 15 is 0 Å². The largest absolute Gasteiger partial charge is 0.464 e. The van der Waals surface area contributed by atoms with Crippen molar-refractivity contribution in [1.29, 1.82) is 0 Å². The van der Waals surface area contributed by atoms with Crippen LogP contribution in [0.4, 0.5) is 0 Å². The second-order valence-electron chi connectivity index (χ2n) is 4.72. The van der Waals surface area contributed by atoms with E-state index in [1.807, 2.05) is 0 Å². The summed E-state index contributed by atoms with van der Waals surface area (Å²) < 4.78 is 5.39. The lowest BCUT2D eigenvalue weighted by molar-refractivity contribution is -0.155. The van der Waals surface area contributed by atoms with Gasteiger partial charge in [0.2, 0.25) is 0 Å². The lowest BCUT2D eigenvalue weighted by Crippen LogP contribution is -2.46. The summed E-state index contributed by atoms with van der Waals surface area (Å²) in [4.78, 5) is 14.4. The molecule has 2 rings (SSSR count). The quantitative estimate of drug-likeness (QED) is 0.526. The number of rotatable bonds is 4. The number of unbranched alkanes of at least 4 members (excludes halogenated alkanes) is 1. The first-order valence-corrected chi connectivity index (χ1v) is 6.22. The van der Waals surface area contributed by atoms with Gasteiger partial charge in [0.25, 0.3) is 0 Å². The highest BCUT2D eigenvalue weighted by molar-refractivity contribution is 5.81. The number of carbonyl (C=O) groups is 1. The highest BCUT2D eigenvalue weighted by atomic mass is 16.5. The smallest absolute Gasteiger partial charge is 0.326 e. The second kappa shape index (κ2) is 4.52. The molecule has 86 valence electrons. The summed E-state index contributed by atoms with van der Waals surface area (Å²) in [6.45, 7) is 4.89. The third-order valence-electron chi connectivity index (χ3n) is 3.75. The Bertz CT molecular complexity index is 230. The maximum absolute atomic E-state index is 12.1. The number of fused-ring (bicyclic) bond motifs is 1. The summed E-state index contributed by atoms with van der Waals surface area (Å²) in [5, 5.41) is 0. The predicted octanol–water partition coefficient (Wildman–Crippen LogP) is 1.96. The maximum atomic E-state index is 12.1. The zero-order valence-corrected chi connectivity index (χ0v) is 9.63. The number of esters is 1. The first kappa shape index (κ1) is 10.9. The Labute approximate surface area is 91.8 Å². The van der Waals surface area contributed by atoms with E-state index in [4.69, 9.17) is 4.74 Å². The summed E-state index contributed by atoms with van der Waals surface area (Å²) in [7, 11) is 0. The molecule has 0 bridgehead atoms. The molecule has 0 spiro atoms. The molecule has 2 aliphatic rings. The van der Waals surface area contributed by atoms with Gasteiger partial charge in [0.1, 0.15) is 5.54 Å². The minimum Gasteiger partial charge on any atom is -0.464 e. The molecular weight excluding hydrogens is 190 g/mol. The third-order valence-corrected chi connectivity index (χ3v) is 3.75. The van der Waals surface area contributed by atoms with Crippen LogP contribution in [0.5, 0.6) is 0 Å². The Balaban J connectivity index is 1.92.